The summed E-state index contributed by atoms with van der Waals surface area (Å²) < 4.78 is 44.1. The number of benzene rings is 2. The third kappa shape index (κ3) is 4.45. The minimum Gasteiger partial charge on any atom is -0.449 e. The maximum Gasteiger partial charge on any atom is 0.416 e. The van der Waals surface area contributed by atoms with E-state index in [1.54, 1.807) is 12.1 Å². The van der Waals surface area contributed by atoms with Crippen molar-refractivity contribution in [2.24, 2.45) is 0 Å². The molecule has 1 unspecified atom stereocenters. The summed E-state index contributed by atoms with van der Waals surface area (Å²) in [6, 6.07) is 7.81. The van der Waals surface area contributed by atoms with E-state index in [0.717, 1.165) is 34.2 Å². The van der Waals surface area contributed by atoms with Crippen LogP contribution in [0, 0.1) is 13.8 Å². The summed E-state index contributed by atoms with van der Waals surface area (Å²) in [5.41, 5.74) is 0.985. The topological polar surface area (TPSA) is 75.7 Å². The van der Waals surface area contributed by atoms with Crippen molar-refractivity contribution in [2.45, 2.75) is 33.1 Å². The highest BCUT2D eigenvalue weighted by atomic mass is 19.4. The number of ether oxygens (including phenoxy) is 1. The highest BCUT2D eigenvalue weighted by Crippen LogP contribution is 2.37. The second kappa shape index (κ2) is 7.81. The van der Waals surface area contributed by atoms with Crippen LogP contribution in [0.25, 0.3) is 0 Å². The molecule has 3 rings (SSSR count). The van der Waals surface area contributed by atoms with Crippen LogP contribution in [0.5, 0.6) is 0 Å². The van der Waals surface area contributed by atoms with E-state index in [9.17, 15) is 27.6 Å². The third-order valence-electron chi connectivity index (χ3n) is 4.55. The fourth-order valence-corrected chi connectivity index (χ4v) is 3.25. The van der Waals surface area contributed by atoms with Gasteiger partial charge in [0, 0.05) is 0 Å². The molecule has 2 aromatic rings. The molecule has 1 heterocycles. The number of fused-ring (bicyclic) bond motifs is 1. The van der Waals surface area contributed by atoms with E-state index in [1.165, 1.54) is 6.92 Å². The molecule has 1 atom stereocenters. The lowest BCUT2D eigenvalue weighted by Gasteiger charge is -2.31. The molecule has 6 nitrogen and oxygen atoms in total. The predicted octanol–water partition coefficient (Wildman–Crippen LogP) is 3.85. The van der Waals surface area contributed by atoms with E-state index in [2.05, 4.69) is 5.32 Å². The van der Waals surface area contributed by atoms with Gasteiger partial charge in [-0.25, -0.2) is 4.79 Å². The van der Waals surface area contributed by atoms with Gasteiger partial charge in [-0.2, -0.15) is 13.2 Å². The zero-order chi connectivity index (χ0) is 22.2. The average molecular weight is 420 g/mol. The minimum absolute atomic E-state index is 0.0990. The molecule has 0 spiro atoms. The minimum atomic E-state index is -4.60. The van der Waals surface area contributed by atoms with E-state index >= 15 is 0 Å². The molecule has 9 heteroatoms. The smallest absolute Gasteiger partial charge is 0.416 e. The summed E-state index contributed by atoms with van der Waals surface area (Å²) in [6.45, 7) is 4.58. The number of hydrogen-bond donors (Lipinski definition) is 1. The molecule has 0 aliphatic carbocycles. The van der Waals surface area contributed by atoms with Crippen molar-refractivity contribution < 1.29 is 32.3 Å². The number of amides is 2. The number of halogens is 3. The highest BCUT2D eigenvalue weighted by Gasteiger charge is 2.35. The second-order valence-corrected chi connectivity index (χ2v) is 7.13. The lowest BCUT2D eigenvalue weighted by molar-refractivity contribution is -0.137. The maximum atomic E-state index is 12.9. The molecule has 0 aromatic heterocycles. The molecule has 1 N–H and O–H groups in total. The normalized spacial score (nSPS) is 14.6. The molecular weight excluding hydrogens is 401 g/mol. The first-order chi connectivity index (χ1) is 14.0. The summed E-state index contributed by atoms with van der Waals surface area (Å²) in [7, 11) is 0. The van der Waals surface area contributed by atoms with Gasteiger partial charge in [0.05, 0.1) is 22.5 Å². The Hall–Kier alpha value is -3.36. The quantitative estimate of drug-likeness (QED) is 0.766. The Labute approximate surface area is 170 Å². The SMILES string of the molecule is Cc1cc(C)cc(C(=O)OC(C)C(=O)N2CC(=O)Nc3cc(C(F)(F)F)ccc32)c1. The van der Waals surface area contributed by atoms with Crippen LogP contribution in [0.1, 0.15) is 34.0 Å². The zero-order valence-electron chi connectivity index (χ0n) is 16.5. The van der Waals surface area contributed by atoms with Gasteiger partial charge in [-0.3, -0.25) is 14.5 Å². The maximum absolute atomic E-state index is 12.9. The van der Waals surface area contributed by atoms with Gasteiger partial charge in [0.2, 0.25) is 5.91 Å². The summed E-state index contributed by atoms with van der Waals surface area (Å²) in [5.74, 6) is -2.08. The number of nitrogens with one attached hydrogen (secondary N) is 1. The summed E-state index contributed by atoms with van der Waals surface area (Å²) in [5, 5.41) is 2.33. The number of anilines is 2. The molecule has 2 aromatic carbocycles. The Balaban J connectivity index is 1.82. The van der Waals surface area contributed by atoms with Crippen molar-refractivity contribution in [2.75, 3.05) is 16.8 Å². The first-order valence-electron chi connectivity index (χ1n) is 9.07. The Morgan fingerprint density at radius 3 is 2.33 bits per heavy atom. The van der Waals surface area contributed by atoms with E-state index in [4.69, 9.17) is 4.74 Å². The van der Waals surface area contributed by atoms with Crippen molar-refractivity contribution in [3.05, 3.63) is 58.7 Å². The van der Waals surface area contributed by atoms with E-state index in [0.29, 0.717) is 0 Å². The van der Waals surface area contributed by atoms with E-state index < -0.39 is 42.2 Å². The van der Waals surface area contributed by atoms with Crippen LogP contribution in [-0.2, 0) is 20.5 Å². The van der Waals surface area contributed by atoms with E-state index in [-0.39, 0.29) is 16.9 Å². The summed E-state index contributed by atoms with van der Waals surface area (Å²) in [6.07, 6.45) is -5.85. The number of hydrogen-bond acceptors (Lipinski definition) is 4. The van der Waals surface area contributed by atoms with Gasteiger partial charge in [0.15, 0.2) is 6.10 Å². The van der Waals surface area contributed by atoms with Crippen LogP contribution in [0.3, 0.4) is 0 Å². The fourth-order valence-electron chi connectivity index (χ4n) is 3.25. The molecule has 2 amide bonds. The number of nitrogens with zero attached hydrogens (tertiary/aromatic N) is 1. The van der Waals surface area contributed by atoms with Crippen LogP contribution in [0.15, 0.2) is 36.4 Å². The van der Waals surface area contributed by atoms with Crippen LogP contribution in [-0.4, -0.2) is 30.4 Å². The molecule has 0 saturated carbocycles. The molecule has 0 fully saturated rings. The van der Waals surface area contributed by atoms with Gasteiger partial charge in [0.1, 0.15) is 6.54 Å². The number of esters is 1. The molecule has 0 radical (unpaired) electrons. The number of rotatable bonds is 3. The molecule has 1 aliphatic heterocycles. The highest BCUT2D eigenvalue weighted by molar-refractivity contribution is 6.11. The standard InChI is InChI=1S/C21H19F3N2O4/c1-11-6-12(2)8-14(7-11)20(29)30-13(3)19(28)26-10-18(27)25-16-9-15(21(22,23)24)4-5-17(16)26/h4-9,13H,10H2,1-3H3,(H,25,27). The lowest BCUT2D eigenvalue weighted by atomic mass is 10.1. The van der Waals surface area contributed by atoms with Crippen molar-refractivity contribution in [3.63, 3.8) is 0 Å². The molecular formula is C21H19F3N2O4. The Kier molecular flexibility index (Phi) is 5.56. The molecule has 158 valence electrons. The number of carbonyl (C=O) groups is 3. The predicted molar refractivity (Wildman–Crippen MR) is 103 cm³/mol. The molecule has 1 aliphatic rings. The summed E-state index contributed by atoms with van der Waals surface area (Å²) in [4.78, 5) is 38.2. The van der Waals surface area contributed by atoms with E-state index in [1.807, 2.05) is 19.9 Å². The van der Waals surface area contributed by atoms with Crippen LogP contribution in [0.4, 0.5) is 24.5 Å². The van der Waals surface area contributed by atoms with Gasteiger partial charge >= 0.3 is 12.1 Å². The number of alkyl halides is 3. The lowest BCUT2D eigenvalue weighted by Crippen LogP contribution is -2.47. The third-order valence-corrected chi connectivity index (χ3v) is 4.55. The van der Waals surface area contributed by atoms with Gasteiger partial charge in [-0.1, -0.05) is 17.2 Å². The Morgan fingerprint density at radius 1 is 1.10 bits per heavy atom. The van der Waals surface area contributed by atoms with Crippen LogP contribution >= 0.6 is 0 Å². The number of carbonyl (C=O) groups excluding carboxylic acids is 3. The van der Waals surface area contributed by atoms with Crippen LogP contribution < -0.4 is 10.2 Å². The van der Waals surface area contributed by atoms with Crippen molar-refractivity contribution in [1.29, 1.82) is 0 Å². The Morgan fingerprint density at radius 2 is 1.73 bits per heavy atom. The number of aryl methyl sites for hydroxylation is 2. The van der Waals surface area contributed by atoms with Gasteiger partial charge in [-0.15, -0.1) is 0 Å². The molecule has 0 saturated heterocycles. The second-order valence-electron chi connectivity index (χ2n) is 7.13. The van der Waals surface area contributed by atoms with Gasteiger partial charge < -0.3 is 10.1 Å². The largest absolute Gasteiger partial charge is 0.449 e. The van der Waals surface area contributed by atoms with Crippen LogP contribution in [0.2, 0.25) is 0 Å². The monoisotopic (exact) mass is 420 g/mol. The van der Waals surface area contributed by atoms with Gasteiger partial charge in [0.25, 0.3) is 5.91 Å². The summed E-state index contributed by atoms with van der Waals surface area (Å²) >= 11 is 0. The molecule has 0 bridgehead atoms. The van der Waals surface area contributed by atoms with Crippen molar-refractivity contribution in [3.8, 4) is 0 Å². The fraction of sp³-hybridized carbons (Fsp3) is 0.286. The first-order valence-corrected chi connectivity index (χ1v) is 9.07. The van der Waals surface area contributed by atoms with Crippen molar-refractivity contribution in [1.82, 2.24) is 0 Å². The first kappa shape index (κ1) is 21.4. The van der Waals surface area contributed by atoms with Crippen molar-refractivity contribution >= 4 is 29.2 Å². The molecule has 30 heavy (non-hydrogen) atoms. The van der Waals surface area contributed by atoms with Gasteiger partial charge in [-0.05, 0) is 51.1 Å². The Bertz CT molecular complexity index is 1010. The average Bonchev–Trinajstić information content (AvgIpc) is 2.64. The zero-order valence-corrected chi connectivity index (χ0v) is 16.5.